The summed E-state index contributed by atoms with van der Waals surface area (Å²) >= 11 is 14.9. The molecule has 4 rings (SSSR count). The Labute approximate surface area is 250 Å². The molecule has 2 fully saturated rings. The number of esters is 3. The first-order chi connectivity index (χ1) is 19.2. The standard InChI is InChI=1S/C31H38Cl2O8/c1-7-25(36)39-16-24(35)31(41-27(38)9-3)17(4)12-19-20-14-22(40-26(37)8-2)21-13-18(34)10-11-28(21,5)30(20,33)23(32)15-29(19,31)6/h10-11,13-14,17,19-20,23H,7-9,12,15-16H2,1-6H3/t17-,19-,20-,23-,28-,29-,30-,31+/m0/s1. The van der Waals surface area contributed by atoms with Gasteiger partial charge in [-0.1, -0.05) is 47.6 Å². The molecule has 0 radical (unpaired) electrons. The third-order valence-electron chi connectivity index (χ3n) is 9.91. The molecular weight excluding hydrogens is 571 g/mol. The number of ether oxygens (including phenoxy) is 3. The van der Waals surface area contributed by atoms with Crippen molar-refractivity contribution < 1.29 is 38.2 Å². The molecule has 0 N–H and O–H groups in total. The largest absolute Gasteiger partial charge is 0.457 e. The van der Waals surface area contributed by atoms with Crippen LogP contribution in [0.1, 0.15) is 73.6 Å². The molecule has 2 saturated carbocycles. The summed E-state index contributed by atoms with van der Waals surface area (Å²) in [5.74, 6) is -3.43. The highest BCUT2D eigenvalue weighted by atomic mass is 35.5. The summed E-state index contributed by atoms with van der Waals surface area (Å²) in [5.41, 5.74) is -3.16. The van der Waals surface area contributed by atoms with Crippen molar-refractivity contribution in [3.05, 3.63) is 35.6 Å². The van der Waals surface area contributed by atoms with Gasteiger partial charge in [-0.2, -0.15) is 0 Å². The Morgan fingerprint density at radius 3 is 2.27 bits per heavy atom. The van der Waals surface area contributed by atoms with Gasteiger partial charge in [-0.3, -0.25) is 24.0 Å². The lowest BCUT2D eigenvalue weighted by Crippen LogP contribution is -2.68. The number of fused-ring (bicyclic) bond motifs is 5. The number of halogens is 2. The topological polar surface area (TPSA) is 113 Å². The molecule has 0 unspecified atom stereocenters. The van der Waals surface area contributed by atoms with Gasteiger partial charge in [-0.25, -0.2) is 0 Å². The third-order valence-corrected chi connectivity index (χ3v) is 11.4. The first-order valence-electron chi connectivity index (χ1n) is 14.3. The summed E-state index contributed by atoms with van der Waals surface area (Å²) in [5, 5.41) is -0.766. The van der Waals surface area contributed by atoms with Crippen LogP contribution in [-0.2, 0) is 38.2 Å². The predicted molar refractivity (Wildman–Crippen MR) is 152 cm³/mol. The second-order valence-electron chi connectivity index (χ2n) is 12.0. The van der Waals surface area contributed by atoms with E-state index in [4.69, 9.17) is 37.4 Å². The Hall–Kier alpha value is -2.45. The van der Waals surface area contributed by atoms with Crippen LogP contribution in [-0.4, -0.2) is 51.9 Å². The van der Waals surface area contributed by atoms with E-state index in [1.807, 2.05) is 20.8 Å². The smallest absolute Gasteiger partial charge is 0.310 e. The van der Waals surface area contributed by atoms with Gasteiger partial charge in [0.25, 0.3) is 0 Å². The van der Waals surface area contributed by atoms with Gasteiger partial charge in [-0.05, 0) is 37.0 Å². The Morgan fingerprint density at radius 1 is 1.02 bits per heavy atom. The van der Waals surface area contributed by atoms with Crippen LogP contribution in [0.25, 0.3) is 0 Å². The molecule has 224 valence electrons. The van der Waals surface area contributed by atoms with Gasteiger partial charge in [0.1, 0.15) is 5.76 Å². The minimum absolute atomic E-state index is 0.0481. The molecule has 0 aromatic rings. The van der Waals surface area contributed by atoms with Gasteiger partial charge in [-0.15, -0.1) is 23.2 Å². The van der Waals surface area contributed by atoms with E-state index in [0.29, 0.717) is 12.0 Å². The van der Waals surface area contributed by atoms with Crippen molar-refractivity contribution >= 4 is 52.7 Å². The molecule has 10 heteroatoms. The summed E-state index contributed by atoms with van der Waals surface area (Å²) in [6.07, 6.45) is 7.29. The number of carbonyl (C=O) groups excluding carboxylic acids is 5. The zero-order valence-electron chi connectivity index (χ0n) is 24.4. The number of Topliss-reactive ketones (excluding diaryl/α,β-unsaturated/α-hetero) is 1. The summed E-state index contributed by atoms with van der Waals surface area (Å²) in [7, 11) is 0. The summed E-state index contributed by atoms with van der Waals surface area (Å²) < 4.78 is 17.1. The van der Waals surface area contributed by atoms with Crippen molar-refractivity contribution in [3.8, 4) is 0 Å². The van der Waals surface area contributed by atoms with Gasteiger partial charge in [0.05, 0.1) is 10.3 Å². The highest BCUT2D eigenvalue weighted by Gasteiger charge is 2.76. The zero-order valence-corrected chi connectivity index (χ0v) is 25.9. The van der Waals surface area contributed by atoms with E-state index in [1.54, 1.807) is 32.9 Å². The Bertz CT molecular complexity index is 1270. The maximum Gasteiger partial charge on any atom is 0.310 e. The molecule has 0 aromatic carbocycles. The molecule has 0 aromatic heterocycles. The summed E-state index contributed by atoms with van der Waals surface area (Å²) in [6, 6.07) is 0. The van der Waals surface area contributed by atoms with E-state index in [0.717, 1.165) is 0 Å². The average molecular weight is 610 g/mol. The monoisotopic (exact) mass is 608 g/mol. The zero-order chi connectivity index (χ0) is 30.5. The molecule has 41 heavy (non-hydrogen) atoms. The number of alkyl halides is 2. The lowest BCUT2D eigenvalue weighted by atomic mass is 9.47. The molecule has 0 amide bonds. The minimum atomic E-state index is -1.63. The van der Waals surface area contributed by atoms with Gasteiger partial charge in [0, 0.05) is 47.5 Å². The lowest BCUT2D eigenvalue weighted by Gasteiger charge is -2.62. The summed E-state index contributed by atoms with van der Waals surface area (Å²) in [6.45, 7) is 10.0. The lowest BCUT2D eigenvalue weighted by molar-refractivity contribution is -0.194. The van der Waals surface area contributed by atoms with Crippen LogP contribution < -0.4 is 0 Å². The predicted octanol–water partition coefficient (Wildman–Crippen LogP) is 5.39. The second kappa shape index (κ2) is 11.0. The quantitative estimate of drug-likeness (QED) is 0.205. The number of allylic oxidation sites excluding steroid dienone is 5. The first kappa shape index (κ1) is 31.5. The van der Waals surface area contributed by atoms with Gasteiger partial charge in [0.15, 0.2) is 18.0 Å². The average Bonchev–Trinajstić information content (AvgIpc) is 3.15. The van der Waals surface area contributed by atoms with Crippen LogP contribution in [0.15, 0.2) is 35.6 Å². The highest BCUT2D eigenvalue weighted by molar-refractivity contribution is 6.34. The van der Waals surface area contributed by atoms with Gasteiger partial charge in [0.2, 0.25) is 5.78 Å². The van der Waals surface area contributed by atoms with Crippen molar-refractivity contribution in [1.29, 1.82) is 0 Å². The minimum Gasteiger partial charge on any atom is -0.457 e. The molecule has 0 spiro atoms. The third kappa shape index (κ3) is 4.51. The van der Waals surface area contributed by atoms with Crippen molar-refractivity contribution in [1.82, 2.24) is 0 Å². The van der Waals surface area contributed by atoms with Crippen molar-refractivity contribution in [2.45, 2.75) is 89.5 Å². The van der Waals surface area contributed by atoms with Crippen molar-refractivity contribution in [2.24, 2.45) is 28.6 Å². The van der Waals surface area contributed by atoms with E-state index in [2.05, 4.69) is 0 Å². The van der Waals surface area contributed by atoms with E-state index < -0.39 is 68.8 Å². The summed E-state index contributed by atoms with van der Waals surface area (Å²) in [4.78, 5) is 62.7. The fourth-order valence-electron chi connectivity index (χ4n) is 7.77. The Morgan fingerprint density at radius 2 is 1.66 bits per heavy atom. The second-order valence-corrected chi connectivity index (χ2v) is 13.1. The first-order valence-corrected chi connectivity index (χ1v) is 15.1. The molecule has 8 atom stereocenters. The SMILES string of the molecule is CCC(=O)OCC(=O)[C@]1(OC(=O)CC)[C@@H](C)C[C@H]2[C@@H]3C=C(OC(=O)CC)C4=CC(=O)C=C[C@]4(C)[C@@]3(Cl)[C@@H](Cl)C[C@@]21C. The molecule has 0 saturated heterocycles. The van der Waals surface area contributed by atoms with E-state index in [9.17, 15) is 24.0 Å². The number of hydrogen-bond donors (Lipinski definition) is 0. The normalized spacial score (nSPS) is 39.0. The van der Waals surface area contributed by atoms with Crippen molar-refractivity contribution in [3.63, 3.8) is 0 Å². The van der Waals surface area contributed by atoms with Crippen LogP contribution in [0.3, 0.4) is 0 Å². The van der Waals surface area contributed by atoms with Crippen LogP contribution >= 0.6 is 23.2 Å². The maximum atomic E-state index is 14.1. The molecular formula is C31H38Cl2O8. The maximum absolute atomic E-state index is 14.1. The highest BCUT2D eigenvalue weighted by Crippen LogP contribution is 2.72. The molecule has 8 nitrogen and oxygen atoms in total. The van der Waals surface area contributed by atoms with Gasteiger partial charge >= 0.3 is 17.9 Å². The van der Waals surface area contributed by atoms with Crippen LogP contribution in [0.4, 0.5) is 0 Å². The van der Waals surface area contributed by atoms with Crippen LogP contribution in [0.2, 0.25) is 0 Å². The van der Waals surface area contributed by atoms with Crippen LogP contribution in [0.5, 0.6) is 0 Å². The fourth-order valence-corrected chi connectivity index (χ4v) is 8.92. The number of rotatable bonds is 8. The number of carbonyl (C=O) groups is 5. The van der Waals surface area contributed by atoms with Crippen LogP contribution in [0, 0.1) is 28.6 Å². The Kier molecular flexibility index (Phi) is 8.44. The van der Waals surface area contributed by atoms with E-state index >= 15 is 0 Å². The molecule has 4 aliphatic carbocycles. The molecule has 0 heterocycles. The molecule has 0 bridgehead atoms. The van der Waals surface area contributed by atoms with E-state index in [1.165, 1.54) is 12.2 Å². The number of ketones is 2. The molecule has 0 aliphatic heterocycles. The van der Waals surface area contributed by atoms with Gasteiger partial charge < -0.3 is 14.2 Å². The molecule has 4 aliphatic rings. The van der Waals surface area contributed by atoms with E-state index in [-0.39, 0.29) is 43.1 Å². The fraction of sp³-hybridized carbons (Fsp3) is 0.645. The number of hydrogen-bond acceptors (Lipinski definition) is 8. The Balaban J connectivity index is 1.91. The van der Waals surface area contributed by atoms with Crippen molar-refractivity contribution in [2.75, 3.05) is 6.61 Å².